The molecule has 5 aliphatic rings. The standard InChI is InChI=1S/C63H77BN2O/c1-37(2)38-30-51-54-52(31-38)66(49-21-19-18-20-42(49)57(3,4)5)55-40-33-44-47(63(16,17)29-26-60(44,10)11)36-53(40)67-56(55)64(54)48-34-45-46(62(14,15)28-27-61(45,12)13)35-50(48)65(51)39-22-23-41-43(32-39)59(8,9)25-24-58(41,6)7/h18-23,30-37H,24-29H2,1-17H3. The van der Waals surface area contributed by atoms with Gasteiger partial charge in [0.05, 0.1) is 11.3 Å². The highest BCUT2D eigenvalue weighted by Crippen LogP contribution is 2.56. The van der Waals surface area contributed by atoms with Gasteiger partial charge in [0, 0.05) is 33.8 Å². The number of para-hydroxylation sites is 1. The third kappa shape index (κ3) is 6.49. The summed E-state index contributed by atoms with van der Waals surface area (Å²) in [6.45, 7) is 41.4. The maximum atomic E-state index is 7.72. The van der Waals surface area contributed by atoms with Crippen LogP contribution in [0.5, 0.6) is 0 Å². The highest BCUT2D eigenvalue weighted by atomic mass is 16.3. The van der Waals surface area contributed by atoms with Crippen LogP contribution in [0.15, 0.2) is 83.3 Å². The molecule has 1 aromatic heterocycles. The van der Waals surface area contributed by atoms with E-state index in [1.165, 1.54) is 127 Å². The van der Waals surface area contributed by atoms with E-state index in [2.05, 4.69) is 206 Å². The van der Waals surface area contributed by atoms with Gasteiger partial charge < -0.3 is 14.2 Å². The van der Waals surface area contributed by atoms with E-state index in [1.807, 2.05) is 0 Å². The Morgan fingerprint density at radius 1 is 0.507 bits per heavy atom. The first-order valence-corrected chi connectivity index (χ1v) is 26.0. The Bertz CT molecular complexity index is 3070. The summed E-state index contributed by atoms with van der Waals surface area (Å²) in [4.78, 5) is 5.38. The lowest BCUT2D eigenvalue weighted by atomic mass is 9.35. The van der Waals surface area contributed by atoms with Crippen LogP contribution in [-0.2, 0) is 37.9 Å². The summed E-state index contributed by atoms with van der Waals surface area (Å²) < 4.78 is 7.72. The second kappa shape index (κ2) is 14.0. The van der Waals surface area contributed by atoms with Gasteiger partial charge in [-0.2, -0.15) is 0 Å². The second-order valence-corrected chi connectivity index (χ2v) is 27.2. The third-order valence-electron chi connectivity index (χ3n) is 18.3. The lowest BCUT2D eigenvalue weighted by Crippen LogP contribution is -2.61. The molecule has 3 nitrogen and oxygen atoms in total. The number of hydrogen-bond donors (Lipinski definition) is 0. The van der Waals surface area contributed by atoms with Gasteiger partial charge >= 0.3 is 0 Å². The molecule has 0 amide bonds. The Morgan fingerprint density at radius 3 is 1.57 bits per heavy atom. The van der Waals surface area contributed by atoms with Crippen LogP contribution in [-0.4, -0.2) is 6.71 Å². The molecule has 67 heavy (non-hydrogen) atoms. The number of rotatable bonds is 3. The third-order valence-corrected chi connectivity index (χ3v) is 18.3. The van der Waals surface area contributed by atoms with E-state index < -0.39 is 0 Å². The van der Waals surface area contributed by atoms with Gasteiger partial charge in [0.25, 0.3) is 6.71 Å². The molecular formula is C63H77BN2O. The van der Waals surface area contributed by atoms with Crippen molar-refractivity contribution >= 4 is 68.4 Å². The van der Waals surface area contributed by atoms with Gasteiger partial charge in [0.1, 0.15) is 5.58 Å². The molecule has 3 aliphatic carbocycles. The number of benzene rings is 5. The van der Waals surface area contributed by atoms with Crippen LogP contribution in [0.25, 0.3) is 11.0 Å². The van der Waals surface area contributed by atoms with Crippen LogP contribution in [0, 0.1) is 0 Å². The number of hydrogen-bond acceptors (Lipinski definition) is 3. The highest BCUT2D eigenvalue weighted by molar-refractivity contribution is 7.00. The maximum Gasteiger partial charge on any atom is 0.297 e. The lowest BCUT2D eigenvalue weighted by molar-refractivity contribution is 0.332. The summed E-state index contributed by atoms with van der Waals surface area (Å²) in [5, 5.41) is 1.23. The van der Waals surface area contributed by atoms with E-state index in [-0.39, 0.29) is 44.6 Å². The molecule has 0 spiro atoms. The van der Waals surface area contributed by atoms with Crippen molar-refractivity contribution in [2.45, 2.75) is 200 Å². The van der Waals surface area contributed by atoms with E-state index >= 15 is 0 Å². The van der Waals surface area contributed by atoms with E-state index in [0.29, 0.717) is 5.92 Å². The molecule has 0 unspecified atom stereocenters. The average Bonchev–Trinajstić information content (AvgIpc) is 3.62. The van der Waals surface area contributed by atoms with E-state index in [0.717, 1.165) is 17.7 Å². The van der Waals surface area contributed by atoms with Gasteiger partial charge in [-0.1, -0.05) is 148 Å². The first-order chi connectivity index (χ1) is 31.1. The molecule has 5 aromatic carbocycles. The summed E-state index contributed by atoms with van der Waals surface area (Å²) in [7, 11) is 0. The minimum Gasteiger partial charge on any atom is -0.468 e. The Morgan fingerprint density at radius 2 is 1.00 bits per heavy atom. The number of nitrogens with zero attached hydrogens (tertiary/aromatic N) is 2. The zero-order valence-electron chi connectivity index (χ0n) is 44.2. The molecule has 0 radical (unpaired) electrons. The molecule has 0 N–H and O–H groups in total. The van der Waals surface area contributed by atoms with Gasteiger partial charge in [-0.05, 0) is 186 Å². The summed E-state index contributed by atoms with van der Waals surface area (Å²) in [6.07, 6.45) is 7.05. The zero-order chi connectivity index (χ0) is 47.9. The predicted octanol–water partition coefficient (Wildman–Crippen LogP) is 16.0. The first-order valence-electron chi connectivity index (χ1n) is 26.0. The van der Waals surface area contributed by atoms with Gasteiger partial charge in [0.2, 0.25) is 0 Å². The summed E-state index contributed by atoms with van der Waals surface area (Å²) >= 11 is 0. The molecule has 0 fully saturated rings. The molecular weight excluding hydrogens is 812 g/mol. The monoisotopic (exact) mass is 889 g/mol. The van der Waals surface area contributed by atoms with Crippen molar-refractivity contribution in [3.05, 3.63) is 123 Å². The van der Waals surface area contributed by atoms with Crippen LogP contribution < -0.4 is 26.4 Å². The fourth-order valence-electron chi connectivity index (χ4n) is 13.5. The fourth-order valence-corrected chi connectivity index (χ4v) is 13.5. The summed E-state index contributed by atoms with van der Waals surface area (Å²) in [5.41, 5.74) is 24.2. The van der Waals surface area contributed by atoms with Crippen molar-refractivity contribution in [3.8, 4) is 0 Å². The molecule has 0 atom stereocenters. The summed E-state index contributed by atoms with van der Waals surface area (Å²) in [6, 6.07) is 32.3. The van der Waals surface area contributed by atoms with Gasteiger partial charge in [-0.25, -0.2) is 0 Å². The number of anilines is 6. The lowest BCUT2D eigenvalue weighted by Gasteiger charge is -2.47. The zero-order valence-corrected chi connectivity index (χ0v) is 44.2. The van der Waals surface area contributed by atoms with Crippen molar-refractivity contribution in [1.82, 2.24) is 0 Å². The van der Waals surface area contributed by atoms with Crippen LogP contribution in [0.1, 0.15) is 207 Å². The average molecular weight is 889 g/mol. The fraction of sp³-hybridized carbons (Fsp3) is 0.492. The Hall–Kier alpha value is -4.70. The van der Waals surface area contributed by atoms with Crippen LogP contribution in [0.3, 0.4) is 0 Å². The number of furan rings is 1. The van der Waals surface area contributed by atoms with Crippen LogP contribution in [0.4, 0.5) is 34.1 Å². The molecule has 0 bridgehead atoms. The van der Waals surface area contributed by atoms with Gasteiger partial charge in [0.15, 0.2) is 0 Å². The molecule has 4 heteroatoms. The molecule has 348 valence electrons. The van der Waals surface area contributed by atoms with Crippen molar-refractivity contribution in [2.75, 3.05) is 9.80 Å². The van der Waals surface area contributed by atoms with Crippen LogP contribution >= 0.6 is 0 Å². The first kappa shape index (κ1) is 44.8. The largest absolute Gasteiger partial charge is 0.468 e. The van der Waals surface area contributed by atoms with Crippen molar-refractivity contribution < 1.29 is 4.42 Å². The van der Waals surface area contributed by atoms with Crippen LogP contribution in [0.2, 0.25) is 0 Å². The normalized spacial score (nSPS) is 21.0. The van der Waals surface area contributed by atoms with Crippen molar-refractivity contribution in [1.29, 1.82) is 0 Å². The Labute approximate surface area is 404 Å². The molecule has 2 aliphatic heterocycles. The van der Waals surface area contributed by atoms with E-state index in [1.54, 1.807) is 0 Å². The van der Waals surface area contributed by atoms with Gasteiger partial charge in [-0.15, -0.1) is 0 Å². The topological polar surface area (TPSA) is 19.6 Å². The molecule has 0 saturated heterocycles. The van der Waals surface area contributed by atoms with E-state index in [9.17, 15) is 0 Å². The SMILES string of the molecule is CC(C)c1cc2c3c(c1)N(c1ccccc1C(C)(C)C)c1c(oc4cc5c(cc14)C(C)(C)CCC5(C)C)B3c1cc3c(cc1N2c1ccc2c(c1)C(C)(C)CCC2(C)C)C(C)(C)CCC3(C)C. The molecule has 11 rings (SSSR count). The minimum absolute atomic E-state index is 0.0377. The maximum absolute atomic E-state index is 7.72. The Balaban J connectivity index is 1.31. The minimum atomic E-state index is -0.103. The highest BCUT2D eigenvalue weighted by Gasteiger charge is 2.51. The summed E-state index contributed by atoms with van der Waals surface area (Å²) in [5.74, 6) is 0.312. The number of fused-ring (bicyclic) bond motifs is 9. The quantitative estimate of drug-likeness (QED) is 0.165. The molecule has 6 aromatic rings. The predicted molar refractivity (Wildman–Crippen MR) is 289 cm³/mol. The smallest absolute Gasteiger partial charge is 0.297 e. The Kier molecular flexibility index (Phi) is 9.34. The van der Waals surface area contributed by atoms with Gasteiger partial charge in [-0.3, -0.25) is 0 Å². The molecule has 0 saturated carbocycles. The van der Waals surface area contributed by atoms with Crippen molar-refractivity contribution in [3.63, 3.8) is 0 Å². The van der Waals surface area contributed by atoms with E-state index in [4.69, 9.17) is 4.42 Å². The molecule has 3 heterocycles. The van der Waals surface area contributed by atoms with Crippen molar-refractivity contribution in [2.24, 2.45) is 0 Å². The second-order valence-electron chi connectivity index (χ2n) is 27.2.